The van der Waals surface area contributed by atoms with E-state index in [4.69, 9.17) is 4.74 Å². The maximum Gasteiger partial charge on any atom is 0.137 e. The number of hydrogen-bond donors (Lipinski definition) is 0. The van der Waals surface area contributed by atoms with Crippen molar-refractivity contribution in [2.45, 2.75) is 48.5 Å². The Balaban J connectivity index is 2.64. The summed E-state index contributed by atoms with van der Waals surface area (Å²) in [4.78, 5) is 2.49. The Bertz CT molecular complexity index is 505. The first kappa shape index (κ1) is 24.8. The molecule has 0 atom stereocenters. The summed E-state index contributed by atoms with van der Waals surface area (Å²) >= 11 is 0. The van der Waals surface area contributed by atoms with Gasteiger partial charge in [-0.1, -0.05) is 0 Å². The van der Waals surface area contributed by atoms with E-state index in [0.29, 0.717) is 0 Å². The summed E-state index contributed by atoms with van der Waals surface area (Å²) in [5, 5.41) is 0. The molecule has 1 aromatic carbocycles. The van der Waals surface area contributed by atoms with Gasteiger partial charge >= 0.3 is 0 Å². The molecular weight excluding hydrogens is 346 g/mol. The fourth-order valence-electron chi connectivity index (χ4n) is 4.20. The van der Waals surface area contributed by atoms with Gasteiger partial charge in [0.05, 0.1) is 52.4 Å². The third kappa shape index (κ3) is 6.66. The van der Waals surface area contributed by atoms with Crippen molar-refractivity contribution >= 4 is 5.69 Å². The van der Waals surface area contributed by atoms with Crippen molar-refractivity contribution in [2.24, 2.45) is 0 Å². The average Bonchev–Trinajstić information content (AvgIpc) is 2.76. The smallest absolute Gasteiger partial charge is 0.137 e. The lowest BCUT2D eigenvalue weighted by Gasteiger charge is -2.38. The van der Waals surface area contributed by atoms with Crippen molar-refractivity contribution in [3.05, 3.63) is 24.3 Å². The molecule has 0 unspecified atom stereocenters. The van der Waals surface area contributed by atoms with Crippen molar-refractivity contribution in [1.29, 1.82) is 0 Å². The number of anilines is 1. The molecule has 1 rings (SSSR count). The first-order chi connectivity index (χ1) is 13.5. The molecule has 0 N–H and O–H groups in total. The van der Waals surface area contributed by atoms with Gasteiger partial charge < -0.3 is 18.6 Å². The van der Waals surface area contributed by atoms with Gasteiger partial charge in [-0.15, -0.1) is 0 Å². The van der Waals surface area contributed by atoms with E-state index in [1.54, 1.807) is 0 Å². The molecule has 0 spiro atoms. The number of benzene rings is 1. The molecule has 4 heteroatoms. The number of nitrogens with zero attached hydrogens (tertiary/aromatic N) is 3. The molecule has 0 bridgehead atoms. The van der Waals surface area contributed by atoms with E-state index in [0.717, 1.165) is 36.5 Å². The van der Waals surface area contributed by atoms with E-state index in [-0.39, 0.29) is 0 Å². The molecule has 0 saturated heterocycles. The Morgan fingerprint density at radius 2 is 1.14 bits per heavy atom. The van der Waals surface area contributed by atoms with Crippen molar-refractivity contribution in [2.75, 3.05) is 77.0 Å². The van der Waals surface area contributed by atoms with Crippen LogP contribution in [-0.2, 0) is 0 Å². The third-order valence-corrected chi connectivity index (χ3v) is 7.29. The van der Waals surface area contributed by atoms with Crippen LogP contribution in [-0.4, -0.2) is 81.0 Å². The Morgan fingerprint density at radius 1 is 0.679 bits per heavy atom. The highest BCUT2D eigenvalue weighted by Crippen LogP contribution is 2.20. The van der Waals surface area contributed by atoms with Crippen LogP contribution in [0.15, 0.2) is 24.3 Å². The minimum absolute atomic E-state index is 0.788. The normalized spacial score (nSPS) is 12.2. The summed E-state index contributed by atoms with van der Waals surface area (Å²) in [6.45, 7) is 28.4. The van der Waals surface area contributed by atoms with E-state index >= 15 is 0 Å². The standard InChI is InChI=1S/C24H47N3O/c1-8-25(19-20-26(9-2,10-3)11-4)23-15-17-24(18-16-23)28-22-21-27(12-5,13-6)14-7/h15-18H,8-14,19-22H2,1-7H3/q+2. The molecule has 0 aromatic heterocycles. The van der Waals surface area contributed by atoms with Gasteiger partial charge in [0, 0.05) is 12.2 Å². The van der Waals surface area contributed by atoms with Crippen LogP contribution in [0.25, 0.3) is 0 Å². The van der Waals surface area contributed by atoms with Gasteiger partial charge in [-0.25, -0.2) is 0 Å². The van der Waals surface area contributed by atoms with E-state index < -0.39 is 0 Å². The van der Waals surface area contributed by atoms with E-state index in [2.05, 4.69) is 77.6 Å². The molecule has 0 radical (unpaired) electrons. The third-order valence-electron chi connectivity index (χ3n) is 7.29. The van der Waals surface area contributed by atoms with Crippen LogP contribution < -0.4 is 9.64 Å². The Morgan fingerprint density at radius 3 is 1.57 bits per heavy atom. The highest BCUT2D eigenvalue weighted by atomic mass is 16.5. The first-order valence-corrected chi connectivity index (χ1v) is 11.6. The van der Waals surface area contributed by atoms with Crippen LogP contribution in [0.5, 0.6) is 5.75 Å². The summed E-state index contributed by atoms with van der Waals surface area (Å²) < 4.78 is 8.40. The number of likely N-dealkylation sites (N-methyl/N-ethyl adjacent to an activating group) is 3. The number of hydrogen-bond acceptors (Lipinski definition) is 2. The lowest BCUT2D eigenvalue weighted by molar-refractivity contribution is -0.923. The van der Waals surface area contributed by atoms with Gasteiger partial charge in [0.2, 0.25) is 0 Å². The van der Waals surface area contributed by atoms with Gasteiger partial charge in [-0.05, 0) is 72.7 Å². The fraction of sp³-hybridized carbons (Fsp3) is 0.750. The minimum Gasteiger partial charge on any atom is -0.488 e. The van der Waals surface area contributed by atoms with Crippen molar-refractivity contribution in [3.63, 3.8) is 0 Å². The van der Waals surface area contributed by atoms with Gasteiger partial charge in [0.1, 0.15) is 18.9 Å². The maximum atomic E-state index is 6.06. The lowest BCUT2D eigenvalue weighted by atomic mass is 10.2. The molecule has 1 aromatic rings. The maximum absolute atomic E-state index is 6.06. The Hall–Kier alpha value is -1.26. The average molecular weight is 394 g/mol. The predicted octanol–water partition coefficient (Wildman–Crippen LogP) is 4.64. The van der Waals surface area contributed by atoms with Crippen LogP contribution in [0.3, 0.4) is 0 Å². The van der Waals surface area contributed by atoms with Gasteiger partial charge in [0.15, 0.2) is 0 Å². The molecule has 4 nitrogen and oxygen atoms in total. The number of rotatable bonds is 15. The zero-order valence-electron chi connectivity index (χ0n) is 19.8. The van der Waals surface area contributed by atoms with E-state index in [1.807, 2.05) is 0 Å². The molecule has 28 heavy (non-hydrogen) atoms. The second kappa shape index (κ2) is 12.3. The second-order valence-corrected chi connectivity index (χ2v) is 7.95. The SMILES string of the molecule is CCN(CC[N+](CC)(CC)CC)c1ccc(OCC[N+](CC)(CC)CC)cc1. The molecule has 0 heterocycles. The molecule has 0 amide bonds. The summed E-state index contributed by atoms with van der Waals surface area (Å²) in [7, 11) is 0. The largest absolute Gasteiger partial charge is 0.488 e. The zero-order chi connectivity index (χ0) is 21.0. The summed E-state index contributed by atoms with van der Waals surface area (Å²) in [5.41, 5.74) is 1.30. The zero-order valence-corrected chi connectivity index (χ0v) is 19.8. The van der Waals surface area contributed by atoms with Gasteiger partial charge in [-0.2, -0.15) is 0 Å². The molecule has 0 aliphatic rings. The van der Waals surface area contributed by atoms with Crippen molar-refractivity contribution < 1.29 is 13.7 Å². The topological polar surface area (TPSA) is 12.5 Å². The van der Waals surface area contributed by atoms with Gasteiger partial charge in [0.25, 0.3) is 0 Å². The molecule has 0 aliphatic carbocycles. The number of ether oxygens (including phenoxy) is 1. The fourth-order valence-corrected chi connectivity index (χ4v) is 4.20. The van der Waals surface area contributed by atoms with Crippen LogP contribution >= 0.6 is 0 Å². The van der Waals surface area contributed by atoms with E-state index in [9.17, 15) is 0 Å². The summed E-state index contributed by atoms with van der Waals surface area (Å²) in [6.07, 6.45) is 0. The van der Waals surface area contributed by atoms with Crippen molar-refractivity contribution in [3.8, 4) is 5.75 Å². The first-order valence-electron chi connectivity index (χ1n) is 11.6. The quantitative estimate of drug-likeness (QED) is 0.402. The van der Waals surface area contributed by atoms with Crippen LogP contribution in [0.4, 0.5) is 5.69 Å². The molecule has 162 valence electrons. The highest BCUT2D eigenvalue weighted by molar-refractivity contribution is 5.48. The van der Waals surface area contributed by atoms with Crippen LogP contribution in [0.2, 0.25) is 0 Å². The second-order valence-electron chi connectivity index (χ2n) is 7.95. The van der Waals surface area contributed by atoms with E-state index in [1.165, 1.54) is 56.0 Å². The summed E-state index contributed by atoms with van der Waals surface area (Å²) in [6, 6.07) is 8.72. The minimum atomic E-state index is 0.788. The molecule has 0 aliphatic heterocycles. The predicted molar refractivity (Wildman–Crippen MR) is 123 cm³/mol. The van der Waals surface area contributed by atoms with Crippen LogP contribution in [0.1, 0.15) is 48.5 Å². The number of quaternary nitrogens is 2. The summed E-state index contributed by atoms with van der Waals surface area (Å²) in [5.74, 6) is 0.988. The molecule has 0 saturated carbocycles. The van der Waals surface area contributed by atoms with Gasteiger partial charge in [-0.3, -0.25) is 0 Å². The lowest BCUT2D eigenvalue weighted by Crippen LogP contribution is -2.51. The molecule has 0 fully saturated rings. The Kier molecular flexibility index (Phi) is 10.9. The van der Waals surface area contributed by atoms with Crippen molar-refractivity contribution in [1.82, 2.24) is 0 Å². The highest BCUT2D eigenvalue weighted by Gasteiger charge is 2.22. The monoisotopic (exact) mass is 393 g/mol. The van der Waals surface area contributed by atoms with Crippen LogP contribution in [0, 0.1) is 0 Å². The Labute approximate surface area is 175 Å². The molecular formula is C24H47N3O+2.